The lowest BCUT2D eigenvalue weighted by Gasteiger charge is -2.31. The second-order valence-electron chi connectivity index (χ2n) is 22.6. The van der Waals surface area contributed by atoms with Crippen LogP contribution in [0.5, 0.6) is 0 Å². The van der Waals surface area contributed by atoms with Gasteiger partial charge in [-0.3, -0.25) is 14.3 Å². The average Bonchev–Trinajstić information content (AvgIpc) is 2.51. The average molecular weight is 1080 g/mol. The number of fused-ring (bicyclic) bond motifs is 3. The molecule has 4 heterocycles. The van der Waals surface area contributed by atoms with Gasteiger partial charge in [-0.25, -0.2) is 4.98 Å². The topological polar surface area (TPSA) is 57.6 Å². The second-order valence-corrected chi connectivity index (χ2v) is 22.6. The van der Waals surface area contributed by atoms with Crippen LogP contribution in [-0.2, 0) is 16.6 Å². The third kappa shape index (κ3) is 10.3. The highest BCUT2D eigenvalue weighted by Gasteiger charge is 2.38. The summed E-state index contributed by atoms with van der Waals surface area (Å²) in [4.78, 5) is 24.4. The van der Waals surface area contributed by atoms with Crippen molar-refractivity contribution >= 4 is 38.6 Å². The molecule has 3 unspecified atom stereocenters. The van der Waals surface area contributed by atoms with Crippen LogP contribution in [0.25, 0.3) is 72.5 Å². The zero-order chi connectivity index (χ0) is 56.3. The summed E-state index contributed by atoms with van der Waals surface area (Å²) < 4.78 is 7.00. The number of rotatable bonds is 19. The molecule has 0 fully saturated rings. The molecule has 9 aromatic carbocycles. The molecule has 13 rings (SSSR count). The van der Waals surface area contributed by atoms with E-state index in [1.165, 1.54) is 49.6 Å². The molecule has 0 aliphatic carbocycles. The van der Waals surface area contributed by atoms with E-state index >= 15 is 0 Å². The number of ketones is 1. The standard InChI is InChI=1S/C77H67N5O/c1-4-56(75(83)47-40-55-38-41-58(42-39-55)70-33-20-21-48-78-70)50-61(59-23-22-24-60(51-59)76-79-71-34-16-19-37-74(71)82(76)65-29-12-7-13-30-65)49-54(2)57-43-45-62(46-44-57)77(3,68-52-80(63-25-8-5-9-26-63)72-35-17-14-31-66(68)72)69-53-81(64-27-10-6-11-28-64)73-36-18-15-32-67(69)73/h5-39,41-46,48,51-54,56,61H,4,40,47,49-50H2,1-3H3. The minimum absolute atomic E-state index is 0.0873. The van der Waals surface area contributed by atoms with Gasteiger partial charge in [0.05, 0.1) is 27.8 Å². The number of aromatic nitrogens is 5. The molecule has 4 aromatic heterocycles. The van der Waals surface area contributed by atoms with Gasteiger partial charge in [-0.15, -0.1) is 0 Å². The van der Waals surface area contributed by atoms with Gasteiger partial charge in [0.1, 0.15) is 11.6 Å². The Morgan fingerprint density at radius 2 is 1.08 bits per heavy atom. The lowest BCUT2D eigenvalue weighted by molar-refractivity contribution is -0.123. The van der Waals surface area contributed by atoms with E-state index in [1.807, 2.05) is 24.4 Å². The molecule has 13 aromatic rings. The van der Waals surface area contributed by atoms with Gasteiger partial charge in [0.2, 0.25) is 0 Å². The molecular weight excluding hydrogens is 1010 g/mol. The molecule has 0 saturated carbocycles. The maximum atomic E-state index is 14.6. The molecule has 83 heavy (non-hydrogen) atoms. The van der Waals surface area contributed by atoms with Crippen molar-refractivity contribution in [3.63, 3.8) is 0 Å². The predicted octanol–water partition coefficient (Wildman–Crippen LogP) is 18.9. The van der Waals surface area contributed by atoms with Gasteiger partial charge in [-0.05, 0) is 157 Å². The number of imidazole rings is 1. The quantitative estimate of drug-likeness (QED) is 0.0811. The molecular formula is C77H67N5O. The summed E-state index contributed by atoms with van der Waals surface area (Å²) in [5, 5.41) is 2.44. The van der Waals surface area contributed by atoms with Gasteiger partial charge in [0, 0.05) is 75.3 Å². The van der Waals surface area contributed by atoms with E-state index in [0.717, 1.165) is 75.6 Å². The van der Waals surface area contributed by atoms with Gasteiger partial charge >= 0.3 is 0 Å². The molecule has 0 bridgehead atoms. The first-order chi connectivity index (χ1) is 40.8. The number of nitrogens with zero attached hydrogens (tertiary/aromatic N) is 5. The third-order valence-electron chi connectivity index (χ3n) is 17.5. The monoisotopic (exact) mass is 1080 g/mol. The van der Waals surface area contributed by atoms with Gasteiger partial charge < -0.3 is 9.13 Å². The Morgan fingerprint density at radius 1 is 0.518 bits per heavy atom. The number of carbonyl (C=O) groups excluding carboxylic acids is 1. The van der Waals surface area contributed by atoms with Crippen molar-refractivity contribution in [1.82, 2.24) is 23.7 Å². The SMILES string of the molecule is CCC(CC(CC(C)c1ccc(C(C)(c2cn(-c3ccccc3)c3ccccc23)c2cn(-c3ccccc3)c3ccccc23)cc1)c1cccc(-c2nc3ccccc3n2-c2ccccc2)c1)C(=O)CCc1ccc(-c2ccccn2)cc1. The van der Waals surface area contributed by atoms with E-state index in [9.17, 15) is 4.79 Å². The van der Waals surface area contributed by atoms with Crippen molar-refractivity contribution in [2.45, 2.75) is 70.1 Å². The lowest BCUT2D eigenvalue weighted by Crippen LogP contribution is -2.25. The number of pyridine rings is 1. The maximum absolute atomic E-state index is 14.6. The van der Waals surface area contributed by atoms with Crippen LogP contribution in [0.1, 0.15) is 91.7 Å². The second kappa shape index (κ2) is 23.1. The van der Waals surface area contributed by atoms with Crippen LogP contribution in [0.3, 0.4) is 0 Å². The zero-order valence-corrected chi connectivity index (χ0v) is 47.4. The number of benzene rings is 9. The number of carbonyl (C=O) groups is 1. The molecule has 0 amide bonds. The van der Waals surface area contributed by atoms with Crippen LogP contribution in [0.4, 0.5) is 0 Å². The van der Waals surface area contributed by atoms with Crippen molar-refractivity contribution in [2.75, 3.05) is 0 Å². The fourth-order valence-corrected chi connectivity index (χ4v) is 13.0. The highest BCUT2D eigenvalue weighted by molar-refractivity contribution is 5.93. The lowest BCUT2D eigenvalue weighted by atomic mass is 9.70. The largest absolute Gasteiger partial charge is 0.316 e. The molecule has 0 saturated heterocycles. The van der Waals surface area contributed by atoms with E-state index < -0.39 is 5.41 Å². The van der Waals surface area contributed by atoms with Crippen LogP contribution in [0.2, 0.25) is 0 Å². The summed E-state index contributed by atoms with van der Waals surface area (Å²) in [6.07, 6.45) is 10.2. The fourth-order valence-electron chi connectivity index (χ4n) is 13.0. The first-order valence-corrected chi connectivity index (χ1v) is 29.4. The van der Waals surface area contributed by atoms with Gasteiger partial charge in [0.25, 0.3) is 0 Å². The Labute approximate surface area is 487 Å². The molecule has 0 aliphatic heterocycles. The molecule has 0 radical (unpaired) electrons. The summed E-state index contributed by atoms with van der Waals surface area (Å²) in [7, 11) is 0. The summed E-state index contributed by atoms with van der Waals surface area (Å²) in [5.41, 5.74) is 17.5. The van der Waals surface area contributed by atoms with Crippen LogP contribution < -0.4 is 0 Å². The summed E-state index contributed by atoms with van der Waals surface area (Å²) in [6, 6.07) is 91.1. The maximum Gasteiger partial charge on any atom is 0.145 e. The van der Waals surface area contributed by atoms with E-state index in [2.05, 4.69) is 288 Å². The highest BCUT2D eigenvalue weighted by atomic mass is 16.1. The third-order valence-corrected chi connectivity index (χ3v) is 17.5. The fraction of sp³-hybridized carbons (Fsp3) is 0.156. The van der Waals surface area contributed by atoms with Gasteiger partial charge in [0.15, 0.2) is 0 Å². The highest BCUT2D eigenvalue weighted by Crippen LogP contribution is 2.48. The van der Waals surface area contributed by atoms with Crippen LogP contribution >= 0.6 is 0 Å². The van der Waals surface area contributed by atoms with Crippen LogP contribution in [-0.4, -0.2) is 29.5 Å². The summed E-state index contributed by atoms with van der Waals surface area (Å²) in [5.74, 6) is 1.39. The first kappa shape index (κ1) is 52.7. The minimum Gasteiger partial charge on any atom is -0.316 e. The molecule has 6 heteroatoms. The first-order valence-electron chi connectivity index (χ1n) is 29.4. The Balaban J connectivity index is 0.870. The molecule has 0 N–H and O–H groups in total. The molecule has 0 aliphatic rings. The molecule has 406 valence electrons. The van der Waals surface area contributed by atoms with Crippen LogP contribution in [0.15, 0.2) is 273 Å². The number of hydrogen-bond acceptors (Lipinski definition) is 3. The molecule has 6 nitrogen and oxygen atoms in total. The normalized spacial score (nSPS) is 12.9. The number of aryl methyl sites for hydroxylation is 1. The predicted molar refractivity (Wildman–Crippen MR) is 342 cm³/mol. The zero-order valence-electron chi connectivity index (χ0n) is 47.4. The number of para-hydroxylation sites is 7. The van der Waals surface area contributed by atoms with E-state index in [-0.39, 0.29) is 17.8 Å². The van der Waals surface area contributed by atoms with E-state index in [1.54, 1.807) is 0 Å². The number of hydrogen-bond donors (Lipinski definition) is 0. The Morgan fingerprint density at radius 3 is 1.69 bits per heavy atom. The Bertz CT molecular complexity index is 4230. The van der Waals surface area contributed by atoms with E-state index in [0.29, 0.717) is 18.6 Å². The molecule has 3 atom stereocenters. The van der Waals surface area contributed by atoms with Crippen molar-refractivity contribution in [3.05, 3.63) is 307 Å². The van der Waals surface area contributed by atoms with E-state index in [4.69, 9.17) is 4.98 Å². The van der Waals surface area contributed by atoms with Gasteiger partial charge in [-0.2, -0.15) is 0 Å². The van der Waals surface area contributed by atoms with Crippen molar-refractivity contribution in [2.24, 2.45) is 5.92 Å². The summed E-state index contributed by atoms with van der Waals surface area (Å²) in [6.45, 7) is 6.99. The molecule has 0 spiro atoms. The van der Waals surface area contributed by atoms with Crippen molar-refractivity contribution < 1.29 is 4.79 Å². The Hall–Kier alpha value is -9.65. The van der Waals surface area contributed by atoms with Gasteiger partial charge in [-0.1, -0.05) is 190 Å². The summed E-state index contributed by atoms with van der Waals surface area (Å²) >= 11 is 0. The van der Waals surface area contributed by atoms with Crippen LogP contribution in [0, 0.1) is 5.92 Å². The number of Topliss-reactive ketones (excluding diaryl/α,β-unsaturated/α-hetero) is 1. The smallest absolute Gasteiger partial charge is 0.145 e. The van der Waals surface area contributed by atoms with Crippen molar-refractivity contribution in [1.29, 1.82) is 0 Å². The Kier molecular flexibility index (Phi) is 14.7. The minimum atomic E-state index is -0.587. The van der Waals surface area contributed by atoms with Crippen molar-refractivity contribution in [3.8, 4) is 39.7 Å².